The lowest BCUT2D eigenvalue weighted by Crippen LogP contribution is -2.13. The third kappa shape index (κ3) is 5.00. The monoisotopic (exact) mass is 342 g/mol. The van der Waals surface area contributed by atoms with Crippen LogP contribution in [0.2, 0.25) is 10.0 Å². The van der Waals surface area contributed by atoms with E-state index in [1.807, 2.05) is 36.4 Å². The number of halogens is 2. The molecule has 0 unspecified atom stereocenters. The van der Waals surface area contributed by atoms with Crippen LogP contribution in [0, 0.1) is 11.3 Å². The van der Waals surface area contributed by atoms with Gasteiger partial charge in [0.05, 0.1) is 10.7 Å². The Morgan fingerprint density at radius 3 is 2.57 bits per heavy atom. The maximum absolute atomic E-state index is 12.1. The summed E-state index contributed by atoms with van der Waals surface area (Å²) in [4.78, 5) is 12.1. The van der Waals surface area contributed by atoms with Gasteiger partial charge in [-0.25, -0.2) is 0 Å². The van der Waals surface area contributed by atoms with Gasteiger partial charge >= 0.3 is 0 Å². The molecule has 0 fully saturated rings. The van der Waals surface area contributed by atoms with E-state index >= 15 is 0 Å². The summed E-state index contributed by atoms with van der Waals surface area (Å²) < 4.78 is 0. The van der Waals surface area contributed by atoms with Crippen molar-refractivity contribution in [3.05, 3.63) is 81.9 Å². The van der Waals surface area contributed by atoms with E-state index in [-0.39, 0.29) is 5.57 Å². The van der Waals surface area contributed by atoms with Crippen molar-refractivity contribution in [1.29, 1.82) is 5.26 Å². The fourth-order valence-corrected chi connectivity index (χ4v) is 2.10. The van der Waals surface area contributed by atoms with Gasteiger partial charge in [-0.3, -0.25) is 4.79 Å². The molecule has 2 aromatic carbocycles. The van der Waals surface area contributed by atoms with Crippen LogP contribution in [0.1, 0.15) is 5.56 Å². The number of carbonyl (C=O) groups is 1. The van der Waals surface area contributed by atoms with Gasteiger partial charge in [-0.2, -0.15) is 5.26 Å². The van der Waals surface area contributed by atoms with Crippen molar-refractivity contribution >= 4 is 40.9 Å². The number of allylic oxidation sites excluding steroid dienone is 2. The van der Waals surface area contributed by atoms with Crippen LogP contribution in [-0.4, -0.2) is 5.91 Å². The second-order valence-corrected chi connectivity index (χ2v) is 5.38. The molecule has 0 atom stereocenters. The first-order valence-corrected chi connectivity index (χ1v) is 7.45. The van der Waals surface area contributed by atoms with Crippen LogP contribution in [0.15, 0.2) is 66.3 Å². The minimum absolute atomic E-state index is 0.0341. The Morgan fingerprint density at radius 1 is 1.13 bits per heavy atom. The number of hydrogen-bond donors (Lipinski definition) is 1. The number of amides is 1. The van der Waals surface area contributed by atoms with E-state index < -0.39 is 5.91 Å². The largest absolute Gasteiger partial charge is 0.320 e. The van der Waals surface area contributed by atoms with Crippen LogP contribution in [0.3, 0.4) is 0 Å². The van der Waals surface area contributed by atoms with Gasteiger partial charge in [-0.05, 0) is 29.8 Å². The fourth-order valence-electron chi connectivity index (χ4n) is 1.77. The van der Waals surface area contributed by atoms with Gasteiger partial charge in [0.2, 0.25) is 0 Å². The summed E-state index contributed by atoms with van der Waals surface area (Å²) in [5, 5.41) is 12.5. The van der Waals surface area contributed by atoms with Crippen LogP contribution < -0.4 is 5.32 Å². The lowest BCUT2D eigenvalue weighted by Gasteiger charge is -2.06. The molecule has 114 valence electrons. The normalized spacial score (nSPS) is 11.3. The van der Waals surface area contributed by atoms with Crippen LogP contribution >= 0.6 is 23.2 Å². The van der Waals surface area contributed by atoms with Gasteiger partial charge in [0.15, 0.2) is 0 Å². The van der Waals surface area contributed by atoms with Gasteiger partial charge < -0.3 is 5.32 Å². The van der Waals surface area contributed by atoms with E-state index in [0.29, 0.717) is 15.7 Å². The van der Waals surface area contributed by atoms with Gasteiger partial charge in [0.1, 0.15) is 11.6 Å². The number of benzene rings is 2. The van der Waals surface area contributed by atoms with E-state index in [1.165, 1.54) is 12.1 Å². The van der Waals surface area contributed by atoms with E-state index in [9.17, 15) is 4.79 Å². The average Bonchev–Trinajstić information content (AvgIpc) is 2.56. The second kappa shape index (κ2) is 8.19. The highest BCUT2D eigenvalue weighted by Gasteiger charge is 2.10. The highest BCUT2D eigenvalue weighted by molar-refractivity contribution is 6.35. The average molecular weight is 343 g/mol. The van der Waals surface area contributed by atoms with Crippen molar-refractivity contribution in [3.8, 4) is 6.07 Å². The number of rotatable bonds is 4. The zero-order chi connectivity index (χ0) is 16.7. The molecule has 0 aromatic heterocycles. The number of carbonyl (C=O) groups excluding carboxylic acids is 1. The highest BCUT2D eigenvalue weighted by Crippen LogP contribution is 2.25. The lowest BCUT2D eigenvalue weighted by molar-refractivity contribution is -0.112. The van der Waals surface area contributed by atoms with Crippen molar-refractivity contribution in [1.82, 2.24) is 0 Å². The van der Waals surface area contributed by atoms with Crippen molar-refractivity contribution in [3.63, 3.8) is 0 Å². The van der Waals surface area contributed by atoms with Gasteiger partial charge in [-0.15, -0.1) is 0 Å². The Bertz CT molecular complexity index is 806. The quantitative estimate of drug-likeness (QED) is 0.477. The summed E-state index contributed by atoms with van der Waals surface area (Å²) in [6, 6.07) is 16.1. The maximum atomic E-state index is 12.1. The minimum atomic E-state index is -0.547. The van der Waals surface area contributed by atoms with Crippen molar-refractivity contribution in [2.75, 3.05) is 5.32 Å². The standard InChI is InChI=1S/C18H12Cl2N2O/c19-15-9-10-16(20)17(11-15)22-18(23)14(12-21)8-4-7-13-5-2-1-3-6-13/h1-11H,(H,22,23)/b7-4+,14-8+. The number of nitrogens with one attached hydrogen (secondary N) is 1. The van der Waals surface area contributed by atoms with Crippen LogP contribution in [0.4, 0.5) is 5.69 Å². The first-order chi connectivity index (χ1) is 11.1. The highest BCUT2D eigenvalue weighted by atomic mass is 35.5. The van der Waals surface area contributed by atoms with Gasteiger partial charge in [0.25, 0.3) is 5.91 Å². The molecule has 0 aliphatic heterocycles. The maximum Gasteiger partial charge on any atom is 0.266 e. The molecule has 3 nitrogen and oxygen atoms in total. The third-order valence-corrected chi connectivity index (χ3v) is 3.46. The second-order valence-electron chi connectivity index (χ2n) is 4.54. The molecule has 0 aliphatic rings. The Morgan fingerprint density at radius 2 is 1.87 bits per heavy atom. The Labute approximate surface area is 144 Å². The topological polar surface area (TPSA) is 52.9 Å². The Kier molecular flexibility index (Phi) is 5.99. The predicted octanol–water partition coefficient (Wildman–Crippen LogP) is 5.10. The van der Waals surface area contributed by atoms with Crippen LogP contribution in [0.25, 0.3) is 6.08 Å². The molecule has 2 rings (SSSR count). The molecule has 1 amide bonds. The van der Waals surface area contributed by atoms with Gasteiger partial charge in [-0.1, -0.05) is 65.7 Å². The zero-order valence-corrected chi connectivity index (χ0v) is 13.5. The molecular formula is C18H12Cl2N2O. The molecule has 0 aliphatic carbocycles. The smallest absolute Gasteiger partial charge is 0.266 e. The summed E-state index contributed by atoms with van der Waals surface area (Å²) in [7, 11) is 0. The minimum Gasteiger partial charge on any atom is -0.320 e. The summed E-state index contributed by atoms with van der Waals surface area (Å²) >= 11 is 11.8. The van der Waals surface area contributed by atoms with Crippen LogP contribution in [0.5, 0.6) is 0 Å². The number of nitrogens with zero attached hydrogens (tertiary/aromatic N) is 1. The SMILES string of the molecule is N#C/C(=C\C=C\c1ccccc1)C(=O)Nc1cc(Cl)ccc1Cl. The molecule has 2 aromatic rings. The van der Waals surface area contributed by atoms with E-state index in [2.05, 4.69) is 5.32 Å². The summed E-state index contributed by atoms with van der Waals surface area (Å²) in [5.74, 6) is -0.547. The molecule has 0 saturated carbocycles. The van der Waals surface area contributed by atoms with Crippen molar-refractivity contribution < 1.29 is 4.79 Å². The number of anilines is 1. The first-order valence-electron chi connectivity index (χ1n) is 6.70. The number of nitriles is 1. The van der Waals surface area contributed by atoms with Crippen molar-refractivity contribution in [2.45, 2.75) is 0 Å². The molecule has 1 N–H and O–H groups in total. The lowest BCUT2D eigenvalue weighted by atomic mass is 10.2. The molecule has 0 radical (unpaired) electrons. The Balaban J connectivity index is 2.12. The summed E-state index contributed by atoms with van der Waals surface area (Å²) in [6.07, 6.45) is 4.89. The molecule has 0 heterocycles. The Hall–Kier alpha value is -2.54. The zero-order valence-electron chi connectivity index (χ0n) is 12.0. The molecule has 23 heavy (non-hydrogen) atoms. The molecule has 5 heteroatoms. The van der Waals surface area contributed by atoms with Gasteiger partial charge in [0, 0.05) is 5.02 Å². The molecular weight excluding hydrogens is 331 g/mol. The van der Waals surface area contributed by atoms with Crippen molar-refractivity contribution in [2.24, 2.45) is 0 Å². The van der Waals surface area contributed by atoms with E-state index in [1.54, 1.807) is 24.3 Å². The molecule has 0 spiro atoms. The van der Waals surface area contributed by atoms with E-state index in [0.717, 1.165) is 5.56 Å². The predicted molar refractivity (Wildman–Crippen MR) is 94.3 cm³/mol. The summed E-state index contributed by atoms with van der Waals surface area (Å²) in [5.41, 5.74) is 1.30. The van der Waals surface area contributed by atoms with E-state index in [4.69, 9.17) is 28.5 Å². The first kappa shape index (κ1) is 16.8. The number of hydrogen-bond acceptors (Lipinski definition) is 2. The van der Waals surface area contributed by atoms with Crippen LogP contribution in [-0.2, 0) is 4.79 Å². The molecule has 0 bridgehead atoms. The third-order valence-electron chi connectivity index (χ3n) is 2.89. The fraction of sp³-hybridized carbons (Fsp3) is 0. The molecule has 0 saturated heterocycles. The summed E-state index contributed by atoms with van der Waals surface area (Å²) in [6.45, 7) is 0.